The predicted octanol–water partition coefficient (Wildman–Crippen LogP) is 2.29. The van der Waals surface area contributed by atoms with Crippen molar-refractivity contribution in [1.29, 1.82) is 0 Å². The molecule has 98 valence electrons. The van der Waals surface area contributed by atoms with Crippen molar-refractivity contribution < 1.29 is 14.3 Å². The monoisotopic (exact) mass is 288 g/mol. The third kappa shape index (κ3) is 4.85. The molecule has 18 heavy (non-hydrogen) atoms. The first-order valence-electron chi connectivity index (χ1n) is 5.17. The number of alkyl carbamates (subject to hydrolysis) is 1. The Kier molecular flexibility index (Phi) is 5.80. The van der Waals surface area contributed by atoms with E-state index < -0.39 is 12.0 Å². The summed E-state index contributed by atoms with van der Waals surface area (Å²) in [6, 6.07) is 5.00. The van der Waals surface area contributed by atoms with E-state index in [0.29, 0.717) is 15.6 Å². The van der Waals surface area contributed by atoms with Crippen LogP contribution in [0.4, 0.5) is 10.5 Å². The molecule has 0 aliphatic carbocycles. The lowest BCUT2D eigenvalue weighted by atomic mass is 10.3. The summed E-state index contributed by atoms with van der Waals surface area (Å²) in [6.45, 7) is 1.87. The van der Waals surface area contributed by atoms with E-state index in [0.717, 1.165) is 0 Å². The molecule has 0 saturated heterocycles. The van der Waals surface area contributed by atoms with Gasteiger partial charge < -0.3 is 10.5 Å². The summed E-state index contributed by atoms with van der Waals surface area (Å²) in [4.78, 5) is 23.1. The smallest absolute Gasteiger partial charge is 0.413 e. The van der Waals surface area contributed by atoms with Crippen LogP contribution in [0.3, 0.4) is 0 Å². The Balaban J connectivity index is 2.47. The largest absolute Gasteiger partial charge is 0.450 e. The number of hydrogen-bond donors (Lipinski definition) is 2. The van der Waals surface area contributed by atoms with Gasteiger partial charge in [-0.15, -0.1) is 11.8 Å². The van der Waals surface area contributed by atoms with Gasteiger partial charge in [0, 0.05) is 10.6 Å². The highest BCUT2D eigenvalue weighted by Crippen LogP contribution is 2.28. The van der Waals surface area contributed by atoms with Crippen LogP contribution in [-0.2, 0) is 9.53 Å². The van der Waals surface area contributed by atoms with Crippen molar-refractivity contribution in [2.75, 3.05) is 18.1 Å². The molecule has 0 fully saturated rings. The molecule has 0 bridgehead atoms. The molecule has 0 aliphatic heterocycles. The van der Waals surface area contributed by atoms with Crippen LogP contribution >= 0.6 is 23.4 Å². The van der Waals surface area contributed by atoms with Gasteiger partial charge in [0.25, 0.3) is 0 Å². The number of carbonyl (C=O) groups is 2. The fourth-order valence-electron chi connectivity index (χ4n) is 1.09. The number of amides is 2. The summed E-state index contributed by atoms with van der Waals surface area (Å²) in [6.07, 6.45) is -0.748. The Morgan fingerprint density at radius 2 is 2.22 bits per heavy atom. The van der Waals surface area contributed by atoms with Gasteiger partial charge in [0.2, 0.25) is 5.91 Å². The van der Waals surface area contributed by atoms with Crippen LogP contribution in [0.2, 0.25) is 5.02 Å². The zero-order chi connectivity index (χ0) is 13.5. The quantitative estimate of drug-likeness (QED) is 0.656. The maximum atomic E-state index is 11.4. The number of rotatable bonds is 4. The van der Waals surface area contributed by atoms with Gasteiger partial charge in [-0.3, -0.25) is 10.1 Å². The van der Waals surface area contributed by atoms with Crippen molar-refractivity contribution >= 4 is 41.1 Å². The number of nitrogens with one attached hydrogen (secondary N) is 1. The van der Waals surface area contributed by atoms with Gasteiger partial charge in [-0.25, -0.2) is 4.79 Å². The van der Waals surface area contributed by atoms with Gasteiger partial charge in [0.1, 0.15) is 0 Å². The minimum atomic E-state index is -0.748. The van der Waals surface area contributed by atoms with E-state index in [-0.39, 0.29) is 12.4 Å². The van der Waals surface area contributed by atoms with Gasteiger partial charge in [-0.2, -0.15) is 0 Å². The number of imide groups is 1. The summed E-state index contributed by atoms with van der Waals surface area (Å²) >= 11 is 7.13. The molecule has 3 N–H and O–H groups in total. The lowest BCUT2D eigenvalue weighted by molar-refractivity contribution is -0.117. The van der Waals surface area contributed by atoms with E-state index >= 15 is 0 Å². The number of benzene rings is 1. The van der Waals surface area contributed by atoms with Gasteiger partial charge in [0.15, 0.2) is 0 Å². The summed E-state index contributed by atoms with van der Waals surface area (Å²) < 4.78 is 4.58. The summed E-state index contributed by atoms with van der Waals surface area (Å²) in [7, 11) is 0. The predicted molar refractivity (Wildman–Crippen MR) is 71.8 cm³/mol. The summed E-state index contributed by atoms with van der Waals surface area (Å²) in [5.74, 6) is -0.390. The number of anilines is 1. The van der Waals surface area contributed by atoms with E-state index in [1.165, 1.54) is 11.8 Å². The third-order valence-electron chi connectivity index (χ3n) is 1.83. The maximum Gasteiger partial charge on any atom is 0.413 e. The summed E-state index contributed by atoms with van der Waals surface area (Å²) in [5, 5.41) is 2.60. The Morgan fingerprint density at radius 3 is 2.89 bits per heavy atom. The number of carbonyl (C=O) groups excluding carboxylic acids is 2. The zero-order valence-electron chi connectivity index (χ0n) is 9.73. The first-order valence-corrected chi connectivity index (χ1v) is 6.53. The normalized spacial score (nSPS) is 9.89. The SMILES string of the molecule is CCOC(=O)NC(=O)CSc1cc(N)ccc1Cl. The zero-order valence-corrected chi connectivity index (χ0v) is 11.3. The second-order valence-corrected chi connectivity index (χ2v) is 4.67. The topological polar surface area (TPSA) is 81.4 Å². The van der Waals surface area contributed by atoms with Crippen LogP contribution in [0, 0.1) is 0 Å². The minimum Gasteiger partial charge on any atom is -0.450 e. The lowest BCUT2D eigenvalue weighted by Gasteiger charge is -2.06. The highest BCUT2D eigenvalue weighted by atomic mass is 35.5. The van der Waals surface area contributed by atoms with Crippen molar-refractivity contribution in [3.63, 3.8) is 0 Å². The molecule has 0 unspecified atom stereocenters. The van der Waals surface area contributed by atoms with Gasteiger partial charge in [-0.1, -0.05) is 11.6 Å². The first kappa shape index (κ1) is 14.7. The number of nitrogens with two attached hydrogens (primary N) is 1. The van der Waals surface area contributed by atoms with Crippen LogP contribution in [0.1, 0.15) is 6.92 Å². The van der Waals surface area contributed by atoms with Crippen molar-refractivity contribution in [3.8, 4) is 0 Å². The molecular weight excluding hydrogens is 276 g/mol. The van der Waals surface area contributed by atoms with E-state index in [2.05, 4.69) is 10.1 Å². The number of halogens is 1. The molecule has 2 amide bonds. The van der Waals surface area contributed by atoms with E-state index in [1.807, 2.05) is 0 Å². The van der Waals surface area contributed by atoms with Gasteiger partial charge >= 0.3 is 6.09 Å². The first-order chi connectivity index (χ1) is 8.52. The molecule has 0 spiro atoms. The molecule has 0 heterocycles. The van der Waals surface area contributed by atoms with E-state index in [9.17, 15) is 9.59 Å². The van der Waals surface area contributed by atoms with Crippen molar-refractivity contribution in [1.82, 2.24) is 5.32 Å². The van der Waals surface area contributed by atoms with Crippen LogP contribution in [0.15, 0.2) is 23.1 Å². The molecule has 0 aromatic heterocycles. The van der Waals surface area contributed by atoms with Crippen LogP contribution in [0.25, 0.3) is 0 Å². The standard InChI is InChI=1S/C11H13ClN2O3S/c1-2-17-11(16)14-10(15)6-18-9-5-7(13)3-4-8(9)12/h3-5H,2,6,13H2,1H3,(H,14,15,16). The lowest BCUT2D eigenvalue weighted by Crippen LogP contribution is -2.32. The molecule has 1 aromatic rings. The molecule has 0 radical (unpaired) electrons. The highest BCUT2D eigenvalue weighted by Gasteiger charge is 2.10. The highest BCUT2D eigenvalue weighted by molar-refractivity contribution is 8.00. The van der Waals surface area contributed by atoms with Crippen LogP contribution in [-0.4, -0.2) is 24.4 Å². The second-order valence-electron chi connectivity index (χ2n) is 3.25. The van der Waals surface area contributed by atoms with Crippen molar-refractivity contribution in [2.45, 2.75) is 11.8 Å². The minimum absolute atomic E-state index is 0.0575. The van der Waals surface area contributed by atoms with E-state index in [1.54, 1.807) is 25.1 Å². The molecule has 0 aliphatic rings. The second kappa shape index (κ2) is 7.13. The summed E-state index contributed by atoms with van der Waals surface area (Å²) in [5.41, 5.74) is 6.17. The Bertz CT molecular complexity index is 454. The molecule has 1 aromatic carbocycles. The molecule has 0 saturated carbocycles. The average molecular weight is 289 g/mol. The molecule has 7 heteroatoms. The molecular formula is C11H13ClN2O3S. The number of thioether (sulfide) groups is 1. The molecule has 5 nitrogen and oxygen atoms in total. The van der Waals surface area contributed by atoms with Gasteiger partial charge in [-0.05, 0) is 25.1 Å². The van der Waals surface area contributed by atoms with Crippen molar-refractivity contribution in [2.24, 2.45) is 0 Å². The van der Waals surface area contributed by atoms with E-state index in [4.69, 9.17) is 17.3 Å². The Morgan fingerprint density at radius 1 is 1.50 bits per heavy atom. The number of nitrogen functional groups attached to an aromatic ring is 1. The maximum absolute atomic E-state index is 11.4. The average Bonchev–Trinajstić information content (AvgIpc) is 2.30. The fourth-order valence-corrected chi connectivity index (χ4v) is 2.16. The molecule has 1 rings (SSSR count). The number of ether oxygens (including phenoxy) is 1. The Labute approximate surface area is 114 Å². The fraction of sp³-hybridized carbons (Fsp3) is 0.273. The molecule has 0 atom stereocenters. The third-order valence-corrected chi connectivity index (χ3v) is 3.33. The number of hydrogen-bond acceptors (Lipinski definition) is 5. The van der Waals surface area contributed by atoms with Gasteiger partial charge in [0.05, 0.1) is 17.4 Å². The van der Waals surface area contributed by atoms with Crippen molar-refractivity contribution in [3.05, 3.63) is 23.2 Å². The Hall–Kier alpha value is -1.40. The van der Waals surface area contributed by atoms with Crippen LogP contribution in [0.5, 0.6) is 0 Å². The van der Waals surface area contributed by atoms with Crippen LogP contribution < -0.4 is 11.1 Å².